The summed E-state index contributed by atoms with van der Waals surface area (Å²) in [7, 11) is -3.19. The zero-order valence-corrected chi connectivity index (χ0v) is 24.5. The summed E-state index contributed by atoms with van der Waals surface area (Å²) in [5, 5.41) is 0. The number of amides is 2. The van der Waals surface area contributed by atoms with Crippen molar-refractivity contribution in [2.75, 3.05) is 36.0 Å². The van der Waals surface area contributed by atoms with E-state index in [0.717, 1.165) is 31.8 Å². The summed E-state index contributed by atoms with van der Waals surface area (Å²) < 4.78 is 44.1. The number of thioether (sulfide) groups is 1. The molecule has 0 N–H and O–H groups in total. The highest BCUT2D eigenvalue weighted by Crippen LogP contribution is 2.33. The summed E-state index contributed by atoms with van der Waals surface area (Å²) in [6, 6.07) is 9.22. The average Bonchev–Trinajstić information content (AvgIpc) is 3.62. The van der Waals surface area contributed by atoms with Crippen LogP contribution in [0.3, 0.4) is 0 Å². The molecule has 0 spiro atoms. The van der Waals surface area contributed by atoms with Crippen molar-refractivity contribution in [1.29, 1.82) is 0 Å². The first-order valence-corrected chi connectivity index (χ1v) is 16.6. The van der Waals surface area contributed by atoms with Crippen LogP contribution >= 0.6 is 24.0 Å². The highest BCUT2D eigenvalue weighted by Gasteiger charge is 2.36. The Bertz CT molecular complexity index is 1400. The second-order valence-corrected chi connectivity index (χ2v) is 14.3. The van der Waals surface area contributed by atoms with Gasteiger partial charge in [-0.05, 0) is 61.9 Å². The predicted molar refractivity (Wildman–Crippen MR) is 158 cm³/mol. The maximum atomic E-state index is 13.4. The van der Waals surface area contributed by atoms with Crippen LogP contribution in [0.25, 0.3) is 6.08 Å². The topological polar surface area (TPSA) is 91.1 Å². The second-order valence-electron chi connectivity index (χ2n) is 10.4. The van der Waals surface area contributed by atoms with Crippen LogP contribution in [0.15, 0.2) is 45.7 Å². The number of furan rings is 1. The first-order valence-electron chi connectivity index (χ1n) is 13.5. The van der Waals surface area contributed by atoms with Crippen molar-refractivity contribution in [1.82, 2.24) is 9.80 Å². The number of carbonyl (C=O) groups is 2. The van der Waals surface area contributed by atoms with Gasteiger partial charge in [0.15, 0.2) is 15.7 Å². The zero-order valence-electron chi connectivity index (χ0n) is 22.1. The Balaban J connectivity index is 1.21. The van der Waals surface area contributed by atoms with E-state index in [9.17, 15) is 22.4 Å². The van der Waals surface area contributed by atoms with E-state index in [1.54, 1.807) is 23.1 Å². The highest BCUT2D eigenvalue weighted by molar-refractivity contribution is 8.26. The van der Waals surface area contributed by atoms with Gasteiger partial charge in [-0.3, -0.25) is 14.5 Å². The Kier molecular flexibility index (Phi) is 8.96. The third kappa shape index (κ3) is 6.95. The Morgan fingerprint density at radius 2 is 1.90 bits per heavy atom. The SMILES string of the molecule is O=C1/C(=C/c2ccc(F)cc2)SC(=S)N1CCCC(=O)N(Cc1ccc(N2CCCCC2)o1)C1CCS(=O)(=O)C1. The first kappa shape index (κ1) is 28.8. The fraction of sp³-hybridized carbons (Fsp3) is 0.464. The monoisotopic (exact) mass is 605 g/mol. The summed E-state index contributed by atoms with van der Waals surface area (Å²) in [4.78, 5) is 32.1. The molecule has 214 valence electrons. The smallest absolute Gasteiger partial charge is 0.266 e. The second kappa shape index (κ2) is 12.4. The molecule has 40 heavy (non-hydrogen) atoms. The Hall–Kier alpha value is -2.70. The molecule has 3 aliphatic rings. The largest absolute Gasteiger partial charge is 0.444 e. The van der Waals surface area contributed by atoms with Gasteiger partial charge in [0, 0.05) is 38.2 Å². The molecule has 0 aliphatic carbocycles. The number of nitrogens with zero attached hydrogens (tertiary/aromatic N) is 3. The van der Waals surface area contributed by atoms with Crippen molar-refractivity contribution >= 4 is 61.9 Å². The maximum Gasteiger partial charge on any atom is 0.266 e. The summed E-state index contributed by atoms with van der Waals surface area (Å²) in [5.74, 6) is 0.645. The van der Waals surface area contributed by atoms with Crippen LogP contribution in [0.1, 0.15) is 49.8 Å². The lowest BCUT2D eigenvalue weighted by atomic mass is 10.1. The number of hydrogen-bond donors (Lipinski definition) is 0. The normalized spacial score (nSPS) is 21.9. The third-order valence-electron chi connectivity index (χ3n) is 7.42. The van der Waals surface area contributed by atoms with Crippen LogP contribution in [0.5, 0.6) is 0 Å². The van der Waals surface area contributed by atoms with E-state index < -0.39 is 15.9 Å². The number of carbonyl (C=O) groups excluding carboxylic acids is 2. The van der Waals surface area contributed by atoms with Crippen LogP contribution in [0.2, 0.25) is 0 Å². The molecule has 1 aromatic carbocycles. The molecule has 1 unspecified atom stereocenters. The molecule has 12 heteroatoms. The lowest BCUT2D eigenvalue weighted by Gasteiger charge is -2.28. The van der Waals surface area contributed by atoms with Gasteiger partial charge in [0.1, 0.15) is 15.9 Å². The van der Waals surface area contributed by atoms with Gasteiger partial charge in [0.05, 0.1) is 23.0 Å². The molecule has 3 fully saturated rings. The van der Waals surface area contributed by atoms with Crippen LogP contribution in [-0.4, -0.2) is 71.5 Å². The van der Waals surface area contributed by atoms with Gasteiger partial charge in [0.2, 0.25) is 5.91 Å². The lowest BCUT2D eigenvalue weighted by Crippen LogP contribution is -2.41. The van der Waals surface area contributed by atoms with Crippen LogP contribution < -0.4 is 4.90 Å². The molecular formula is C28H32FN3O5S3. The molecule has 0 radical (unpaired) electrons. The van der Waals surface area contributed by atoms with E-state index in [2.05, 4.69) is 4.90 Å². The van der Waals surface area contributed by atoms with Crippen LogP contribution in [-0.2, 0) is 26.0 Å². The van der Waals surface area contributed by atoms with Crippen molar-refractivity contribution in [3.8, 4) is 0 Å². The summed E-state index contributed by atoms with van der Waals surface area (Å²) in [5.41, 5.74) is 0.695. The quantitative estimate of drug-likeness (QED) is 0.303. The van der Waals surface area contributed by atoms with E-state index in [0.29, 0.717) is 33.4 Å². The van der Waals surface area contributed by atoms with E-state index in [1.165, 1.54) is 35.2 Å². The van der Waals surface area contributed by atoms with E-state index >= 15 is 0 Å². The van der Waals surface area contributed by atoms with Gasteiger partial charge in [-0.25, -0.2) is 12.8 Å². The van der Waals surface area contributed by atoms with Gasteiger partial charge >= 0.3 is 0 Å². The molecule has 3 saturated heterocycles. The van der Waals surface area contributed by atoms with Crippen molar-refractivity contribution in [3.63, 3.8) is 0 Å². The first-order chi connectivity index (χ1) is 19.2. The number of sulfone groups is 1. The molecule has 3 aliphatic heterocycles. The van der Waals surface area contributed by atoms with Crippen molar-refractivity contribution in [2.24, 2.45) is 0 Å². The van der Waals surface area contributed by atoms with E-state index in [4.69, 9.17) is 16.6 Å². The van der Waals surface area contributed by atoms with Crippen LogP contribution in [0, 0.1) is 5.82 Å². The minimum absolute atomic E-state index is 0.0543. The summed E-state index contributed by atoms with van der Waals surface area (Å²) in [6.45, 7) is 2.35. The fourth-order valence-corrected chi connectivity index (χ4v) is 8.32. The predicted octanol–water partition coefficient (Wildman–Crippen LogP) is 4.61. The molecule has 2 aromatic rings. The molecule has 0 bridgehead atoms. The lowest BCUT2D eigenvalue weighted by molar-refractivity contribution is -0.134. The molecule has 1 atom stereocenters. The molecular weight excluding hydrogens is 574 g/mol. The van der Waals surface area contributed by atoms with Crippen molar-refractivity contribution < 1.29 is 26.8 Å². The summed E-state index contributed by atoms with van der Waals surface area (Å²) >= 11 is 6.59. The summed E-state index contributed by atoms with van der Waals surface area (Å²) in [6.07, 6.45) is 6.04. The standard InChI is InChI=1S/C28H32FN3O5S3/c29-21-8-6-20(7-9-21)17-24-27(34)31(28(38)39-24)15-4-5-25(33)32(22-12-16-40(35,36)19-22)18-23-10-11-26(37-23)30-13-2-1-3-14-30/h6-11,17,22H,1-5,12-16,18-19H2/b24-17-. The molecule has 2 amide bonds. The third-order valence-corrected chi connectivity index (χ3v) is 10.6. The van der Waals surface area contributed by atoms with E-state index in [-0.39, 0.29) is 48.6 Å². The number of benzene rings is 1. The fourth-order valence-electron chi connectivity index (χ4n) is 5.28. The number of halogens is 1. The van der Waals surface area contributed by atoms with E-state index in [1.807, 2.05) is 12.1 Å². The highest BCUT2D eigenvalue weighted by atomic mass is 32.2. The number of anilines is 1. The van der Waals surface area contributed by atoms with Crippen molar-refractivity contribution in [3.05, 3.63) is 58.4 Å². The molecule has 8 nitrogen and oxygen atoms in total. The van der Waals surface area contributed by atoms with Gasteiger partial charge in [-0.2, -0.15) is 0 Å². The van der Waals surface area contributed by atoms with Gasteiger partial charge in [-0.15, -0.1) is 0 Å². The number of rotatable bonds is 9. The average molecular weight is 606 g/mol. The molecule has 4 heterocycles. The molecule has 0 saturated carbocycles. The maximum absolute atomic E-state index is 13.4. The number of hydrogen-bond acceptors (Lipinski definition) is 8. The molecule has 5 rings (SSSR count). The molecule has 1 aromatic heterocycles. The van der Waals surface area contributed by atoms with Gasteiger partial charge < -0.3 is 14.2 Å². The Morgan fingerprint density at radius 3 is 2.60 bits per heavy atom. The van der Waals surface area contributed by atoms with Crippen molar-refractivity contribution in [2.45, 2.75) is 51.1 Å². The Morgan fingerprint density at radius 1 is 1.15 bits per heavy atom. The van der Waals surface area contributed by atoms with Gasteiger partial charge in [-0.1, -0.05) is 36.1 Å². The number of piperidine rings is 1. The Labute approximate surface area is 243 Å². The van der Waals surface area contributed by atoms with Crippen LogP contribution in [0.4, 0.5) is 10.3 Å². The minimum atomic E-state index is -3.19. The number of thiocarbonyl (C=S) groups is 1. The van der Waals surface area contributed by atoms with Gasteiger partial charge in [0.25, 0.3) is 5.91 Å². The minimum Gasteiger partial charge on any atom is -0.444 e. The zero-order chi connectivity index (χ0) is 28.3.